The molecule has 14 heavy (non-hydrogen) atoms. The van der Waals surface area contributed by atoms with Gasteiger partial charge in [0, 0.05) is 5.92 Å². The van der Waals surface area contributed by atoms with Crippen LogP contribution in [-0.2, 0) is 0 Å². The molecule has 3 aliphatic rings. The van der Waals surface area contributed by atoms with Crippen LogP contribution >= 0.6 is 0 Å². The van der Waals surface area contributed by atoms with E-state index in [2.05, 4.69) is 5.16 Å². The molecule has 0 aromatic heterocycles. The summed E-state index contributed by atoms with van der Waals surface area (Å²) in [4.78, 5) is 0. The molecule has 3 fully saturated rings. The molecule has 0 aliphatic heterocycles. The van der Waals surface area contributed by atoms with Crippen LogP contribution in [0.4, 0.5) is 0 Å². The summed E-state index contributed by atoms with van der Waals surface area (Å²) in [6, 6.07) is 0. The van der Waals surface area contributed by atoms with E-state index in [1.807, 2.05) is 0 Å². The highest BCUT2D eigenvalue weighted by atomic mass is 16.4. The number of rotatable bonds is 1. The lowest BCUT2D eigenvalue weighted by Crippen LogP contribution is -2.58. The van der Waals surface area contributed by atoms with E-state index < -0.39 is 0 Å². The van der Waals surface area contributed by atoms with Crippen molar-refractivity contribution in [1.29, 1.82) is 0 Å². The van der Waals surface area contributed by atoms with Gasteiger partial charge in [-0.15, -0.1) is 0 Å². The summed E-state index contributed by atoms with van der Waals surface area (Å²) in [6.07, 6.45) is 9.56. The Kier molecular flexibility index (Phi) is 1.49. The average Bonchev–Trinajstić information content (AvgIpc) is 1.96. The molecular formula is C11H18N2O. The van der Waals surface area contributed by atoms with Gasteiger partial charge in [0.25, 0.3) is 0 Å². The van der Waals surface area contributed by atoms with Crippen LogP contribution < -0.4 is 5.73 Å². The molecule has 3 rings (SSSR count). The molecule has 3 N–H and O–H groups in total. The Morgan fingerprint density at radius 2 is 1.86 bits per heavy atom. The standard InChI is InChI=1S/C11H18N2O/c12-9(13-14)8-4-11(5-8)6-10(7-11)2-1-3-10/h8,14H,1-7H2,(H2,12,13). The third-order valence-corrected chi connectivity index (χ3v) is 4.81. The minimum absolute atomic E-state index is 0.373. The molecule has 3 aliphatic carbocycles. The highest BCUT2D eigenvalue weighted by Crippen LogP contribution is 2.72. The minimum atomic E-state index is 0.373. The molecule has 0 amide bonds. The summed E-state index contributed by atoms with van der Waals surface area (Å²) >= 11 is 0. The van der Waals surface area contributed by atoms with Gasteiger partial charge in [0.2, 0.25) is 0 Å². The topological polar surface area (TPSA) is 58.6 Å². The molecule has 2 spiro atoms. The Morgan fingerprint density at radius 3 is 2.29 bits per heavy atom. The fourth-order valence-corrected chi connectivity index (χ4v) is 4.13. The van der Waals surface area contributed by atoms with Crippen molar-refractivity contribution in [2.45, 2.75) is 44.9 Å². The highest BCUT2D eigenvalue weighted by molar-refractivity contribution is 5.83. The molecule has 3 saturated carbocycles. The van der Waals surface area contributed by atoms with Crippen molar-refractivity contribution in [3.8, 4) is 0 Å². The van der Waals surface area contributed by atoms with Crippen LogP contribution in [-0.4, -0.2) is 11.0 Å². The first-order valence-corrected chi connectivity index (χ1v) is 5.65. The third-order valence-electron chi connectivity index (χ3n) is 4.81. The van der Waals surface area contributed by atoms with Crippen LogP contribution in [0.25, 0.3) is 0 Å². The molecular weight excluding hydrogens is 176 g/mol. The summed E-state index contributed by atoms with van der Waals surface area (Å²) in [7, 11) is 0. The predicted octanol–water partition coefficient (Wildman–Crippen LogP) is 2.09. The van der Waals surface area contributed by atoms with Gasteiger partial charge in [-0.3, -0.25) is 0 Å². The second-order valence-corrected chi connectivity index (χ2v) is 5.84. The summed E-state index contributed by atoms with van der Waals surface area (Å²) < 4.78 is 0. The number of hydrogen-bond acceptors (Lipinski definition) is 2. The van der Waals surface area contributed by atoms with Gasteiger partial charge in [-0.25, -0.2) is 0 Å². The summed E-state index contributed by atoms with van der Waals surface area (Å²) in [5.74, 6) is 0.822. The number of nitrogens with two attached hydrogens (primary N) is 1. The van der Waals surface area contributed by atoms with Gasteiger partial charge in [0.05, 0.1) is 0 Å². The fourth-order valence-electron chi connectivity index (χ4n) is 4.13. The first kappa shape index (κ1) is 8.57. The molecule has 0 atom stereocenters. The van der Waals surface area contributed by atoms with Gasteiger partial charge in [0.15, 0.2) is 0 Å². The van der Waals surface area contributed by atoms with Crippen LogP contribution in [0, 0.1) is 16.7 Å². The first-order chi connectivity index (χ1) is 6.67. The van der Waals surface area contributed by atoms with E-state index >= 15 is 0 Å². The van der Waals surface area contributed by atoms with E-state index in [0.29, 0.717) is 17.2 Å². The number of amidine groups is 1. The van der Waals surface area contributed by atoms with Gasteiger partial charge in [-0.1, -0.05) is 11.6 Å². The predicted molar refractivity (Wildman–Crippen MR) is 54.1 cm³/mol. The monoisotopic (exact) mass is 194 g/mol. The van der Waals surface area contributed by atoms with E-state index in [1.165, 1.54) is 44.9 Å². The van der Waals surface area contributed by atoms with Crippen molar-refractivity contribution in [2.75, 3.05) is 0 Å². The van der Waals surface area contributed by atoms with Crippen molar-refractivity contribution in [2.24, 2.45) is 27.6 Å². The zero-order valence-corrected chi connectivity index (χ0v) is 8.50. The van der Waals surface area contributed by atoms with Gasteiger partial charge in [0.1, 0.15) is 5.84 Å². The fraction of sp³-hybridized carbons (Fsp3) is 0.909. The first-order valence-electron chi connectivity index (χ1n) is 5.65. The molecule has 0 saturated heterocycles. The maximum atomic E-state index is 8.55. The van der Waals surface area contributed by atoms with Crippen molar-refractivity contribution >= 4 is 5.84 Å². The van der Waals surface area contributed by atoms with E-state index in [0.717, 1.165) is 5.41 Å². The van der Waals surface area contributed by atoms with Gasteiger partial charge in [-0.2, -0.15) is 0 Å². The Morgan fingerprint density at radius 1 is 1.21 bits per heavy atom. The normalized spacial score (nSPS) is 33.6. The van der Waals surface area contributed by atoms with E-state index in [9.17, 15) is 0 Å². The Balaban J connectivity index is 1.56. The molecule has 78 valence electrons. The van der Waals surface area contributed by atoms with Gasteiger partial charge < -0.3 is 10.9 Å². The van der Waals surface area contributed by atoms with Gasteiger partial charge >= 0.3 is 0 Å². The molecule has 3 nitrogen and oxygen atoms in total. The zero-order chi connectivity index (χ0) is 9.81. The Bertz CT molecular complexity index is 278. The molecule has 0 aromatic rings. The van der Waals surface area contributed by atoms with E-state index in [1.54, 1.807) is 0 Å². The smallest absolute Gasteiger partial charge is 0.142 e. The third kappa shape index (κ3) is 0.956. The summed E-state index contributed by atoms with van der Waals surface area (Å²) in [5.41, 5.74) is 6.96. The van der Waals surface area contributed by atoms with Crippen LogP contribution in [0.1, 0.15) is 44.9 Å². The number of hydrogen-bond donors (Lipinski definition) is 2. The van der Waals surface area contributed by atoms with Crippen LogP contribution in [0.5, 0.6) is 0 Å². The molecule has 0 aromatic carbocycles. The van der Waals surface area contributed by atoms with Crippen molar-refractivity contribution in [3.63, 3.8) is 0 Å². The minimum Gasteiger partial charge on any atom is -0.409 e. The van der Waals surface area contributed by atoms with Crippen LogP contribution in [0.3, 0.4) is 0 Å². The maximum absolute atomic E-state index is 8.55. The highest BCUT2D eigenvalue weighted by Gasteiger charge is 2.61. The molecule has 0 radical (unpaired) electrons. The lowest BCUT2D eigenvalue weighted by molar-refractivity contribution is -0.151. The van der Waals surface area contributed by atoms with Crippen molar-refractivity contribution in [3.05, 3.63) is 0 Å². The quantitative estimate of drug-likeness (QED) is 0.290. The Labute approximate surface area is 84.4 Å². The van der Waals surface area contributed by atoms with E-state index in [4.69, 9.17) is 10.9 Å². The maximum Gasteiger partial charge on any atom is 0.142 e. The lowest BCUT2D eigenvalue weighted by atomic mass is 9.38. The van der Waals surface area contributed by atoms with Crippen LogP contribution in [0.2, 0.25) is 0 Å². The average molecular weight is 194 g/mol. The number of oxime groups is 1. The summed E-state index contributed by atoms with van der Waals surface area (Å²) in [6.45, 7) is 0. The van der Waals surface area contributed by atoms with Crippen LogP contribution in [0.15, 0.2) is 5.16 Å². The SMILES string of the molecule is NC(=NO)C1CC2(C1)CC1(CCC1)C2. The lowest BCUT2D eigenvalue weighted by Gasteiger charge is -2.67. The molecule has 0 unspecified atom stereocenters. The Hall–Kier alpha value is -0.730. The number of nitrogens with zero attached hydrogens (tertiary/aromatic N) is 1. The van der Waals surface area contributed by atoms with Crippen molar-refractivity contribution < 1.29 is 5.21 Å². The second-order valence-electron chi connectivity index (χ2n) is 5.84. The summed E-state index contributed by atoms with van der Waals surface area (Å²) in [5, 5.41) is 11.7. The largest absolute Gasteiger partial charge is 0.409 e. The molecule has 0 heterocycles. The molecule has 0 bridgehead atoms. The molecule has 3 heteroatoms. The van der Waals surface area contributed by atoms with Gasteiger partial charge in [-0.05, 0) is 49.4 Å². The second kappa shape index (κ2) is 2.44. The zero-order valence-electron chi connectivity index (χ0n) is 8.50. The van der Waals surface area contributed by atoms with Crippen molar-refractivity contribution in [1.82, 2.24) is 0 Å². The van der Waals surface area contributed by atoms with E-state index in [-0.39, 0.29) is 0 Å².